The number of phenols is 1. The van der Waals surface area contributed by atoms with Crippen LogP contribution in [0.2, 0.25) is 0 Å². The molecular weight excluding hydrogens is 172 g/mol. The Morgan fingerprint density at radius 2 is 1.50 bits per heavy atom. The van der Waals surface area contributed by atoms with Gasteiger partial charge >= 0.3 is 0 Å². The van der Waals surface area contributed by atoms with Crippen LogP contribution >= 0.6 is 0 Å². The fraction of sp³-hybridized carbons (Fsp3) is 0.154. The maximum atomic E-state index is 9.48. The molecule has 14 heavy (non-hydrogen) atoms. The number of benzene rings is 1. The van der Waals surface area contributed by atoms with Gasteiger partial charge in [0.25, 0.3) is 0 Å². The predicted octanol–water partition coefficient (Wildman–Crippen LogP) is 3.03. The maximum absolute atomic E-state index is 9.48. The summed E-state index contributed by atoms with van der Waals surface area (Å²) in [5.74, 6) is 0.283. The van der Waals surface area contributed by atoms with Crippen LogP contribution in [0.3, 0.4) is 0 Å². The van der Waals surface area contributed by atoms with Crippen molar-refractivity contribution in [1.29, 1.82) is 0 Å². The number of rotatable bonds is 4. The van der Waals surface area contributed by atoms with E-state index in [1.807, 2.05) is 0 Å². The van der Waals surface area contributed by atoms with Crippen LogP contribution in [0.25, 0.3) is 0 Å². The van der Waals surface area contributed by atoms with Gasteiger partial charge in [-0.3, -0.25) is 0 Å². The lowest BCUT2D eigenvalue weighted by Crippen LogP contribution is -1.93. The molecule has 0 saturated carbocycles. The average molecular weight is 187 g/mol. The zero-order chi connectivity index (χ0) is 10.6. The molecule has 0 aliphatic carbocycles. The molecule has 1 radical (unpaired) electrons. The molecule has 1 heteroatoms. The Balaban J connectivity index is 3.16. The summed E-state index contributed by atoms with van der Waals surface area (Å²) in [7, 11) is 0. The van der Waals surface area contributed by atoms with Gasteiger partial charge in [0.05, 0.1) is 0 Å². The van der Waals surface area contributed by atoms with Crippen molar-refractivity contribution in [2.45, 2.75) is 12.8 Å². The monoisotopic (exact) mass is 187 g/mol. The topological polar surface area (TPSA) is 20.2 Å². The van der Waals surface area contributed by atoms with E-state index in [0.717, 1.165) is 29.5 Å². The third kappa shape index (κ3) is 2.25. The van der Waals surface area contributed by atoms with Crippen molar-refractivity contribution in [3.63, 3.8) is 0 Å². The summed E-state index contributed by atoms with van der Waals surface area (Å²) in [5.41, 5.74) is 3.02. The van der Waals surface area contributed by atoms with E-state index in [0.29, 0.717) is 0 Å². The molecule has 0 bridgehead atoms. The summed E-state index contributed by atoms with van der Waals surface area (Å²) >= 11 is 0. The summed E-state index contributed by atoms with van der Waals surface area (Å²) in [5, 5.41) is 9.48. The van der Waals surface area contributed by atoms with Gasteiger partial charge in [-0.15, -0.1) is 13.2 Å². The van der Waals surface area contributed by atoms with Gasteiger partial charge in [-0.2, -0.15) is 0 Å². The lowest BCUT2D eigenvalue weighted by Gasteiger charge is -2.09. The molecular formula is C13H15O. The molecule has 0 aliphatic heterocycles. The van der Waals surface area contributed by atoms with Gasteiger partial charge in [-0.25, -0.2) is 0 Å². The molecule has 0 unspecified atom stereocenters. The molecule has 73 valence electrons. The highest BCUT2D eigenvalue weighted by atomic mass is 16.3. The minimum atomic E-state index is 0.283. The summed E-state index contributed by atoms with van der Waals surface area (Å²) in [6.45, 7) is 11.3. The average Bonchev–Trinajstić information content (AvgIpc) is 2.14. The minimum absolute atomic E-state index is 0.283. The number of hydrogen-bond acceptors (Lipinski definition) is 1. The van der Waals surface area contributed by atoms with Crippen LogP contribution in [0, 0.1) is 6.92 Å². The Morgan fingerprint density at radius 3 is 1.86 bits per heavy atom. The van der Waals surface area contributed by atoms with Crippen molar-refractivity contribution in [2.75, 3.05) is 0 Å². The van der Waals surface area contributed by atoms with Crippen LogP contribution in [0.1, 0.15) is 16.7 Å². The maximum Gasteiger partial charge on any atom is 0.116 e. The van der Waals surface area contributed by atoms with Crippen LogP contribution in [0.4, 0.5) is 0 Å². The first-order chi connectivity index (χ1) is 6.69. The van der Waals surface area contributed by atoms with E-state index < -0.39 is 0 Å². The van der Waals surface area contributed by atoms with E-state index in [9.17, 15) is 5.11 Å². The molecule has 0 fully saturated rings. The van der Waals surface area contributed by atoms with Crippen molar-refractivity contribution < 1.29 is 5.11 Å². The molecule has 1 rings (SSSR count). The van der Waals surface area contributed by atoms with Gasteiger partial charge < -0.3 is 5.11 Å². The second kappa shape index (κ2) is 4.66. The van der Waals surface area contributed by atoms with Crippen LogP contribution < -0.4 is 0 Å². The molecule has 0 spiro atoms. The van der Waals surface area contributed by atoms with E-state index in [4.69, 9.17) is 0 Å². The van der Waals surface area contributed by atoms with E-state index >= 15 is 0 Å². The Kier molecular flexibility index (Phi) is 3.52. The van der Waals surface area contributed by atoms with Crippen molar-refractivity contribution >= 4 is 0 Å². The number of phenolic OH excluding ortho intramolecular Hbond substituents is 1. The SMILES string of the molecule is [CH2]c1c(CC=C)cc(O)cc1CC=C. The van der Waals surface area contributed by atoms with Gasteiger partial charge in [0.2, 0.25) is 0 Å². The highest BCUT2D eigenvalue weighted by molar-refractivity contribution is 5.44. The van der Waals surface area contributed by atoms with Crippen molar-refractivity contribution in [2.24, 2.45) is 0 Å². The summed E-state index contributed by atoms with van der Waals surface area (Å²) < 4.78 is 0. The van der Waals surface area contributed by atoms with Crippen LogP contribution in [0.5, 0.6) is 5.75 Å². The first-order valence-corrected chi connectivity index (χ1v) is 4.57. The van der Waals surface area contributed by atoms with Gasteiger partial charge in [0.15, 0.2) is 0 Å². The molecule has 0 aliphatic rings. The normalized spacial score (nSPS) is 9.79. The fourth-order valence-electron chi connectivity index (χ4n) is 1.45. The number of hydrogen-bond donors (Lipinski definition) is 1. The molecule has 1 aromatic carbocycles. The first-order valence-electron chi connectivity index (χ1n) is 4.57. The van der Waals surface area contributed by atoms with Crippen molar-refractivity contribution in [1.82, 2.24) is 0 Å². The quantitative estimate of drug-likeness (QED) is 0.718. The molecule has 0 amide bonds. The second-order valence-electron chi connectivity index (χ2n) is 3.23. The van der Waals surface area contributed by atoms with E-state index in [1.165, 1.54) is 0 Å². The van der Waals surface area contributed by atoms with Gasteiger partial charge in [0, 0.05) is 0 Å². The number of allylic oxidation sites excluding steroid dienone is 2. The van der Waals surface area contributed by atoms with Crippen molar-refractivity contribution in [3.8, 4) is 5.75 Å². The summed E-state index contributed by atoms with van der Waals surface area (Å²) in [6.07, 6.45) is 5.08. The molecule has 1 N–H and O–H groups in total. The van der Waals surface area contributed by atoms with Gasteiger partial charge in [-0.1, -0.05) is 12.2 Å². The van der Waals surface area contributed by atoms with Crippen molar-refractivity contribution in [3.05, 3.63) is 61.1 Å². The first kappa shape index (κ1) is 10.6. The number of aromatic hydroxyl groups is 1. The molecule has 1 nitrogen and oxygen atoms in total. The zero-order valence-corrected chi connectivity index (χ0v) is 8.29. The van der Waals surface area contributed by atoms with Gasteiger partial charge in [-0.05, 0) is 48.6 Å². The lowest BCUT2D eigenvalue weighted by atomic mass is 9.97. The Labute approximate surface area is 85.4 Å². The van der Waals surface area contributed by atoms with Crippen LogP contribution in [-0.4, -0.2) is 5.11 Å². The van der Waals surface area contributed by atoms with E-state index in [2.05, 4.69) is 20.1 Å². The summed E-state index contributed by atoms with van der Waals surface area (Å²) in [4.78, 5) is 0. The predicted molar refractivity (Wildman–Crippen MR) is 60.4 cm³/mol. The summed E-state index contributed by atoms with van der Waals surface area (Å²) in [6, 6.07) is 3.47. The van der Waals surface area contributed by atoms with Gasteiger partial charge in [0.1, 0.15) is 5.75 Å². The molecule has 0 saturated heterocycles. The van der Waals surface area contributed by atoms with Crippen LogP contribution in [-0.2, 0) is 12.8 Å². The lowest BCUT2D eigenvalue weighted by molar-refractivity contribution is 0.474. The van der Waals surface area contributed by atoms with Crippen LogP contribution in [0.15, 0.2) is 37.4 Å². The standard InChI is InChI=1S/C13H15O/c1-4-6-11-8-13(14)9-12(7-5-2)10(11)3/h4-5,8-9,14H,1-3,6-7H2. The Morgan fingerprint density at radius 1 is 1.07 bits per heavy atom. The Hall–Kier alpha value is -1.50. The zero-order valence-electron chi connectivity index (χ0n) is 8.29. The van der Waals surface area contributed by atoms with E-state index in [1.54, 1.807) is 24.3 Å². The minimum Gasteiger partial charge on any atom is -0.508 e. The highest BCUT2D eigenvalue weighted by Gasteiger charge is 2.04. The third-order valence-electron chi connectivity index (χ3n) is 2.15. The third-order valence-corrected chi connectivity index (χ3v) is 2.15. The van der Waals surface area contributed by atoms with E-state index in [-0.39, 0.29) is 5.75 Å². The highest BCUT2D eigenvalue weighted by Crippen LogP contribution is 2.22. The molecule has 0 atom stereocenters. The molecule has 0 aromatic heterocycles. The molecule has 0 heterocycles. The fourth-order valence-corrected chi connectivity index (χ4v) is 1.45. The largest absolute Gasteiger partial charge is 0.508 e. The molecule has 1 aromatic rings. The second-order valence-corrected chi connectivity index (χ2v) is 3.23. The Bertz CT molecular complexity index is 319. The smallest absolute Gasteiger partial charge is 0.116 e.